The molecule has 0 radical (unpaired) electrons. The van der Waals surface area contributed by atoms with Gasteiger partial charge in [0.2, 0.25) is 0 Å². The molecule has 0 bridgehead atoms. The van der Waals surface area contributed by atoms with Crippen molar-refractivity contribution in [3.8, 4) is 9.88 Å². The summed E-state index contributed by atoms with van der Waals surface area (Å²) in [6.45, 7) is 4.08. The van der Waals surface area contributed by atoms with Crippen molar-refractivity contribution in [2.24, 2.45) is 5.41 Å². The number of aromatic nitrogens is 1. The quantitative estimate of drug-likeness (QED) is 0.839. The number of hydrogen-bond acceptors (Lipinski definition) is 6. The van der Waals surface area contributed by atoms with Gasteiger partial charge in [0.1, 0.15) is 9.22 Å². The minimum Gasteiger partial charge on any atom is -0.294 e. The molecule has 112 valence electrons. The Labute approximate surface area is 131 Å². The van der Waals surface area contributed by atoms with E-state index in [4.69, 9.17) is 0 Å². The number of fused-ring (bicyclic) bond motifs is 1. The first-order valence-corrected chi connectivity index (χ1v) is 10.1. The highest BCUT2D eigenvalue weighted by Crippen LogP contribution is 2.47. The van der Waals surface area contributed by atoms with Gasteiger partial charge in [0.15, 0.2) is 15.6 Å². The fraction of sp³-hybridized carbons (Fsp3) is 0.429. The number of rotatable bonds is 2. The van der Waals surface area contributed by atoms with Crippen LogP contribution in [0.15, 0.2) is 15.8 Å². The molecule has 0 amide bonds. The largest absolute Gasteiger partial charge is 0.294 e. The number of Topliss-reactive ketones (excluding diaryl/α,β-unsaturated/α-hetero) is 1. The van der Waals surface area contributed by atoms with Gasteiger partial charge in [-0.1, -0.05) is 13.8 Å². The van der Waals surface area contributed by atoms with Crippen LogP contribution in [0.2, 0.25) is 0 Å². The van der Waals surface area contributed by atoms with Crippen molar-refractivity contribution in [2.45, 2.75) is 30.9 Å². The first-order valence-electron chi connectivity index (χ1n) is 6.48. The number of carbonyl (C=O) groups excluding carboxylic acids is 1. The van der Waals surface area contributed by atoms with E-state index in [0.717, 1.165) is 21.7 Å². The van der Waals surface area contributed by atoms with Crippen LogP contribution in [0.3, 0.4) is 0 Å². The zero-order chi connectivity index (χ0) is 15.4. The first-order chi connectivity index (χ1) is 9.69. The fourth-order valence-electron chi connectivity index (χ4n) is 2.73. The Morgan fingerprint density at radius 2 is 2.00 bits per heavy atom. The zero-order valence-corrected chi connectivity index (χ0v) is 14.4. The second-order valence-electron chi connectivity index (χ2n) is 6.12. The predicted octanol–water partition coefficient (Wildman–Crippen LogP) is 3.43. The normalized spacial score (nSPS) is 17.8. The second-order valence-corrected chi connectivity index (χ2v) is 10.2. The average molecular weight is 341 g/mol. The van der Waals surface area contributed by atoms with Gasteiger partial charge in [0.25, 0.3) is 0 Å². The van der Waals surface area contributed by atoms with Crippen LogP contribution in [0.1, 0.15) is 36.2 Å². The van der Waals surface area contributed by atoms with Gasteiger partial charge >= 0.3 is 0 Å². The summed E-state index contributed by atoms with van der Waals surface area (Å²) in [5.41, 5.74) is 1.12. The van der Waals surface area contributed by atoms with Gasteiger partial charge in [-0.3, -0.25) is 4.79 Å². The van der Waals surface area contributed by atoms with E-state index in [2.05, 4.69) is 4.98 Å². The van der Waals surface area contributed by atoms with Gasteiger partial charge in [0.05, 0.1) is 10.4 Å². The molecule has 2 aromatic rings. The van der Waals surface area contributed by atoms with Gasteiger partial charge in [-0.15, -0.1) is 22.7 Å². The lowest BCUT2D eigenvalue weighted by Gasteiger charge is -2.29. The maximum Gasteiger partial charge on any atom is 0.185 e. The molecule has 0 atom stereocenters. The number of nitrogens with zero attached hydrogens (tertiary/aromatic N) is 1. The Morgan fingerprint density at radius 1 is 1.29 bits per heavy atom. The van der Waals surface area contributed by atoms with Crippen molar-refractivity contribution in [3.05, 3.63) is 22.7 Å². The van der Waals surface area contributed by atoms with E-state index < -0.39 is 9.84 Å². The molecule has 2 aromatic heterocycles. The van der Waals surface area contributed by atoms with E-state index in [1.165, 1.54) is 22.7 Å². The summed E-state index contributed by atoms with van der Waals surface area (Å²) in [6.07, 6.45) is 3.95. The number of ketones is 1. The van der Waals surface area contributed by atoms with Gasteiger partial charge in [-0.05, 0) is 17.4 Å². The number of carbonyl (C=O) groups is 1. The monoisotopic (exact) mass is 341 g/mol. The van der Waals surface area contributed by atoms with Crippen molar-refractivity contribution in [1.82, 2.24) is 4.98 Å². The van der Waals surface area contributed by atoms with Gasteiger partial charge in [-0.2, -0.15) is 0 Å². The molecule has 1 aliphatic rings. The van der Waals surface area contributed by atoms with Crippen molar-refractivity contribution < 1.29 is 13.2 Å². The summed E-state index contributed by atoms with van der Waals surface area (Å²) in [6, 6.07) is 0. The van der Waals surface area contributed by atoms with E-state index in [-0.39, 0.29) is 15.4 Å². The molecule has 3 rings (SSSR count). The molecule has 7 heteroatoms. The molecule has 0 aromatic carbocycles. The Morgan fingerprint density at radius 3 is 2.57 bits per heavy atom. The predicted molar refractivity (Wildman–Crippen MR) is 85.0 cm³/mol. The molecule has 1 aliphatic carbocycles. The van der Waals surface area contributed by atoms with Gasteiger partial charge in [0, 0.05) is 24.3 Å². The molecule has 0 spiro atoms. The van der Waals surface area contributed by atoms with Crippen molar-refractivity contribution in [2.75, 3.05) is 6.26 Å². The summed E-state index contributed by atoms with van der Waals surface area (Å²) in [7, 11) is -3.41. The Bertz CT molecular complexity index is 814. The fourth-order valence-corrected chi connectivity index (χ4v) is 6.02. The molecule has 0 N–H and O–H groups in total. The van der Waals surface area contributed by atoms with E-state index >= 15 is 0 Å². The highest BCUT2D eigenvalue weighted by molar-refractivity contribution is 7.93. The maximum atomic E-state index is 12.5. The topological polar surface area (TPSA) is 64.1 Å². The van der Waals surface area contributed by atoms with Gasteiger partial charge in [-0.25, -0.2) is 13.4 Å². The van der Waals surface area contributed by atoms with Crippen LogP contribution in [0.25, 0.3) is 9.88 Å². The number of thiophene rings is 1. The number of sulfone groups is 1. The van der Waals surface area contributed by atoms with Crippen molar-refractivity contribution in [3.63, 3.8) is 0 Å². The molecule has 21 heavy (non-hydrogen) atoms. The maximum absolute atomic E-state index is 12.5. The standard InChI is InChI=1S/C14H15NO3S3/c1-14(2)6-8-10(9(16)7-14)13(21(3,17)18)20-11(8)12-15-4-5-19-12/h4-5H,6-7H2,1-3H3. The Balaban J connectivity index is 2.32. The molecular weight excluding hydrogens is 326 g/mol. The highest BCUT2D eigenvalue weighted by Gasteiger charge is 2.38. The molecule has 0 aliphatic heterocycles. The molecule has 0 saturated heterocycles. The Kier molecular flexibility index (Phi) is 3.35. The molecule has 0 fully saturated rings. The highest BCUT2D eigenvalue weighted by atomic mass is 32.2. The summed E-state index contributed by atoms with van der Waals surface area (Å²) in [5.74, 6) is -0.0688. The Hall–Kier alpha value is -1.05. The van der Waals surface area contributed by atoms with Crippen LogP contribution >= 0.6 is 22.7 Å². The van der Waals surface area contributed by atoms with E-state index in [1.807, 2.05) is 19.2 Å². The summed E-state index contributed by atoms with van der Waals surface area (Å²) in [5, 5.41) is 2.65. The van der Waals surface area contributed by atoms with Crippen LogP contribution in [0, 0.1) is 5.41 Å². The first kappa shape index (κ1) is 14.9. The van der Waals surface area contributed by atoms with Crippen molar-refractivity contribution in [1.29, 1.82) is 0 Å². The second kappa shape index (κ2) is 4.72. The number of thiazole rings is 1. The lowest BCUT2D eigenvalue weighted by atomic mass is 9.74. The molecule has 0 saturated carbocycles. The third-order valence-electron chi connectivity index (χ3n) is 3.51. The third kappa shape index (κ3) is 2.58. The zero-order valence-electron chi connectivity index (χ0n) is 12.0. The van der Waals surface area contributed by atoms with E-state index in [9.17, 15) is 13.2 Å². The van der Waals surface area contributed by atoms with Crippen LogP contribution in [0.5, 0.6) is 0 Å². The van der Waals surface area contributed by atoms with Gasteiger partial charge < -0.3 is 0 Å². The smallest absolute Gasteiger partial charge is 0.185 e. The van der Waals surface area contributed by atoms with Crippen LogP contribution in [-0.4, -0.2) is 25.4 Å². The molecular formula is C14H15NO3S3. The minimum absolute atomic E-state index is 0.0688. The van der Waals surface area contributed by atoms with Crippen molar-refractivity contribution >= 4 is 38.3 Å². The average Bonchev–Trinajstić information content (AvgIpc) is 2.91. The summed E-state index contributed by atoms with van der Waals surface area (Å²) >= 11 is 2.65. The lowest BCUT2D eigenvalue weighted by Crippen LogP contribution is -2.27. The van der Waals surface area contributed by atoms with Crippen LogP contribution < -0.4 is 0 Å². The summed E-state index contributed by atoms with van der Waals surface area (Å²) in [4.78, 5) is 17.6. The SMILES string of the molecule is CC1(C)CC(=O)c2c(S(C)(=O)=O)sc(-c3nccs3)c2C1. The van der Waals surface area contributed by atoms with E-state index in [1.54, 1.807) is 6.20 Å². The minimum atomic E-state index is -3.41. The van der Waals surface area contributed by atoms with Crippen LogP contribution in [0.4, 0.5) is 0 Å². The molecule has 0 unspecified atom stereocenters. The third-order valence-corrected chi connectivity index (χ3v) is 7.50. The molecule has 4 nitrogen and oxygen atoms in total. The lowest BCUT2D eigenvalue weighted by molar-refractivity contribution is 0.0910. The summed E-state index contributed by atoms with van der Waals surface area (Å²) < 4.78 is 24.3. The number of hydrogen-bond donors (Lipinski definition) is 0. The van der Waals surface area contributed by atoms with E-state index in [0.29, 0.717) is 18.4 Å². The van der Waals surface area contributed by atoms with Crippen LogP contribution in [-0.2, 0) is 16.3 Å². The molecule has 2 heterocycles.